The van der Waals surface area contributed by atoms with Crippen LogP contribution in [0.1, 0.15) is 12.8 Å². The summed E-state index contributed by atoms with van der Waals surface area (Å²) in [5.74, 6) is -2.08. The Morgan fingerprint density at radius 3 is 2.48 bits per heavy atom. The van der Waals surface area contributed by atoms with Crippen molar-refractivity contribution in [3.05, 3.63) is 30.5 Å². The lowest BCUT2D eigenvalue weighted by Gasteiger charge is -2.39. The Hall–Kier alpha value is -3.14. The molecule has 0 unspecified atom stereocenters. The smallest absolute Gasteiger partial charge is 0.339 e. The number of anilines is 1. The maximum Gasteiger partial charge on any atom is 0.339 e. The molecule has 6 rings (SSSR count). The van der Waals surface area contributed by atoms with Crippen molar-refractivity contribution in [2.75, 3.05) is 24.5 Å². The predicted octanol–water partition coefficient (Wildman–Crippen LogP) is 0.924. The molecule has 6 heterocycles. The average molecular weight is 372 g/mol. The summed E-state index contributed by atoms with van der Waals surface area (Å²) in [6.45, 7) is 1.30. The van der Waals surface area contributed by atoms with Crippen molar-refractivity contribution in [3.8, 4) is 11.7 Å². The molecule has 3 fully saturated rings. The lowest BCUT2D eigenvalue weighted by molar-refractivity contribution is -0.274. The molecule has 3 saturated heterocycles. The minimum atomic E-state index is -1.53. The van der Waals surface area contributed by atoms with E-state index in [9.17, 15) is 9.59 Å². The largest absolute Gasteiger partial charge is 0.459 e. The van der Waals surface area contributed by atoms with E-state index >= 15 is 0 Å². The number of piperidine rings is 1. The van der Waals surface area contributed by atoms with Crippen LogP contribution < -0.4 is 4.90 Å². The molecule has 4 aliphatic heterocycles. The minimum Gasteiger partial charge on any atom is -0.459 e. The third kappa shape index (κ3) is 2.69. The number of carbonyl (C=O) groups excluding carboxylic acids is 2. The number of hydrogen-bond donors (Lipinski definition) is 0. The predicted molar refractivity (Wildman–Crippen MR) is 88.0 cm³/mol. The van der Waals surface area contributed by atoms with Crippen LogP contribution in [0.15, 0.2) is 39.4 Å². The van der Waals surface area contributed by atoms with E-state index in [1.54, 1.807) is 12.1 Å². The minimum absolute atomic E-state index is 0.0800. The Morgan fingerprint density at radius 1 is 1.07 bits per heavy atom. The molecule has 0 amide bonds. The van der Waals surface area contributed by atoms with Gasteiger partial charge in [-0.2, -0.15) is 0 Å². The van der Waals surface area contributed by atoms with Gasteiger partial charge in [0, 0.05) is 31.3 Å². The van der Waals surface area contributed by atoms with Gasteiger partial charge in [0.15, 0.2) is 5.76 Å². The molecule has 2 aromatic rings. The highest BCUT2D eigenvalue weighted by molar-refractivity contribution is 5.93. The molecule has 0 radical (unpaired) electrons. The summed E-state index contributed by atoms with van der Waals surface area (Å²) in [7, 11) is 0. The molecule has 140 valence electrons. The van der Waals surface area contributed by atoms with Gasteiger partial charge in [-0.15, -0.1) is 5.10 Å². The van der Waals surface area contributed by atoms with Crippen LogP contribution in [0.3, 0.4) is 0 Å². The monoisotopic (exact) mass is 372 g/mol. The maximum atomic E-state index is 12.0. The second-order valence-corrected chi connectivity index (χ2v) is 6.60. The molecule has 4 aliphatic rings. The number of hydrogen-bond acceptors (Lipinski definition) is 10. The van der Waals surface area contributed by atoms with Gasteiger partial charge in [-0.3, -0.25) is 0 Å². The van der Waals surface area contributed by atoms with Gasteiger partial charge in [0.2, 0.25) is 0 Å². The van der Waals surface area contributed by atoms with E-state index in [4.69, 9.17) is 18.3 Å². The maximum absolute atomic E-state index is 12.0. The van der Waals surface area contributed by atoms with Crippen molar-refractivity contribution in [1.29, 1.82) is 0 Å². The molecule has 0 aromatic carbocycles. The fourth-order valence-corrected chi connectivity index (χ4v) is 3.75. The highest BCUT2D eigenvalue weighted by atomic mass is 16.8. The first-order valence-corrected chi connectivity index (χ1v) is 8.66. The van der Waals surface area contributed by atoms with Gasteiger partial charge in [0.25, 0.3) is 5.89 Å². The van der Waals surface area contributed by atoms with Gasteiger partial charge in [-0.25, -0.2) is 14.5 Å². The van der Waals surface area contributed by atoms with Crippen LogP contribution in [0, 0.1) is 0 Å². The van der Waals surface area contributed by atoms with Gasteiger partial charge in [0.05, 0.1) is 6.26 Å². The summed E-state index contributed by atoms with van der Waals surface area (Å²) in [4.78, 5) is 27.8. The molecule has 0 saturated carbocycles. The fraction of sp³-hybridized carbons (Fsp3) is 0.412. The summed E-state index contributed by atoms with van der Waals surface area (Å²) < 4.78 is 22.2. The van der Waals surface area contributed by atoms with Crippen LogP contribution in [0.25, 0.3) is 11.7 Å². The Kier molecular flexibility index (Phi) is 3.54. The van der Waals surface area contributed by atoms with Crippen molar-refractivity contribution >= 4 is 18.0 Å². The van der Waals surface area contributed by atoms with E-state index in [0.29, 0.717) is 18.8 Å². The van der Waals surface area contributed by atoms with E-state index in [2.05, 4.69) is 10.2 Å². The second kappa shape index (κ2) is 5.95. The summed E-state index contributed by atoms with van der Waals surface area (Å²) in [6.07, 6.45) is 5.22. The number of esters is 2. The highest BCUT2D eigenvalue weighted by Gasteiger charge is 2.53. The van der Waals surface area contributed by atoms with Gasteiger partial charge < -0.3 is 23.2 Å². The second-order valence-electron chi connectivity index (χ2n) is 6.60. The number of rotatable bonds is 2. The molecule has 0 atom stereocenters. The number of aromatic nitrogens is 2. The molecule has 27 heavy (non-hydrogen) atoms. The number of carbonyl (C=O) groups is 2. The van der Waals surface area contributed by atoms with E-state index in [0.717, 1.165) is 25.0 Å². The normalized spacial score (nSPS) is 26.6. The fourth-order valence-electron chi connectivity index (χ4n) is 3.75. The van der Waals surface area contributed by atoms with Crippen LogP contribution in [0.5, 0.6) is 0 Å². The Balaban J connectivity index is 1.51. The van der Waals surface area contributed by atoms with Gasteiger partial charge >= 0.3 is 23.9 Å². The first-order chi connectivity index (χ1) is 13.1. The molecule has 1 spiro atoms. The molecule has 10 nitrogen and oxygen atoms in total. The first kappa shape index (κ1) is 16.1. The van der Waals surface area contributed by atoms with Crippen molar-refractivity contribution in [1.82, 2.24) is 15.1 Å². The number of ether oxygens (including phenoxy) is 2. The third-order valence-electron chi connectivity index (χ3n) is 5.02. The van der Waals surface area contributed by atoms with Gasteiger partial charge in [-0.1, -0.05) is 5.10 Å². The lowest BCUT2D eigenvalue weighted by Crippen LogP contribution is -2.58. The van der Waals surface area contributed by atoms with Crippen LogP contribution >= 0.6 is 0 Å². The van der Waals surface area contributed by atoms with Crippen molar-refractivity contribution < 1.29 is 27.9 Å². The topological polar surface area (TPSA) is 111 Å². The van der Waals surface area contributed by atoms with Gasteiger partial charge in [0.1, 0.15) is 6.54 Å². The zero-order chi connectivity index (χ0) is 18.4. The lowest BCUT2D eigenvalue weighted by atomic mass is 10.1. The Bertz CT molecular complexity index is 876. The zero-order valence-corrected chi connectivity index (χ0v) is 14.2. The third-order valence-corrected chi connectivity index (χ3v) is 5.02. The standard InChI is InChI=1S/C17H16N4O6/c22-13-3-4-14(23)27-17(26-13)10-21(11-5-7-20(17)8-6-11)16-19-18-15(25-16)12-2-1-9-24-12/h1-4,9,11H,5-8,10H2. The summed E-state index contributed by atoms with van der Waals surface area (Å²) in [5, 5.41) is 8.16. The molecular formula is C17H16N4O6. The molecule has 0 aliphatic carbocycles. The van der Waals surface area contributed by atoms with Crippen molar-refractivity contribution in [2.45, 2.75) is 24.8 Å². The zero-order valence-electron chi connectivity index (χ0n) is 14.2. The quantitative estimate of drug-likeness (QED) is 0.706. The summed E-state index contributed by atoms with van der Waals surface area (Å²) in [6, 6.07) is 3.81. The first-order valence-electron chi connectivity index (χ1n) is 8.66. The average Bonchev–Trinajstić information content (AvgIpc) is 3.29. The van der Waals surface area contributed by atoms with Crippen LogP contribution in [0.4, 0.5) is 6.01 Å². The number of nitrogens with zero attached hydrogens (tertiary/aromatic N) is 4. The van der Waals surface area contributed by atoms with Gasteiger partial charge in [-0.05, 0) is 25.0 Å². The number of furan rings is 1. The van der Waals surface area contributed by atoms with Crippen LogP contribution in [-0.4, -0.2) is 58.6 Å². The molecule has 2 aromatic heterocycles. The molecule has 0 N–H and O–H groups in total. The molecule has 10 heteroatoms. The van der Waals surface area contributed by atoms with E-state index in [1.165, 1.54) is 6.26 Å². The van der Waals surface area contributed by atoms with E-state index in [1.807, 2.05) is 9.80 Å². The van der Waals surface area contributed by atoms with Crippen molar-refractivity contribution in [2.24, 2.45) is 0 Å². The Morgan fingerprint density at radius 2 is 1.81 bits per heavy atom. The summed E-state index contributed by atoms with van der Waals surface area (Å²) >= 11 is 0. The molecular weight excluding hydrogens is 356 g/mol. The van der Waals surface area contributed by atoms with E-state index < -0.39 is 17.8 Å². The highest BCUT2D eigenvalue weighted by Crippen LogP contribution is 2.37. The van der Waals surface area contributed by atoms with E-state index in [-0.39, 0.29) is 24.5 Å². The van der Waals surface area contributed by atoms with Crippen LogP contribution in [-0.2, 0) is 19.1 Å². The van der Waals surface area contributed by atoms with Crippen molar-refractivity contribution in [3.63, 3.8) is 0 Å². The summed E-state index contributed by atoms with van der Waals surface area (Å²) in [5.41, 5.74) is 0. The molecule has 2 bridgehead atoms. The van der Waals surface area contributed by atoms with Crippen LogP contribution in [0.2, 0.25) is 0 Å². The number of fused-ring (bicyclic) bond motifs is 3. The Labute approximate surface area is 153 Å². The SMILES string of the molecule is O=C1C=CC(=O)OC2(CN(c3nnc(-c4ccco4)o3)C3CCN2CC3)O1.